The standard InChI is InChI=1S/C22H20N4O3/c1-13(27)25-16-6-8-24-20(11-16)15-3-2-14-4-5-17-19(18(14)10-15)12-26(22(17)29)9-7-21(23)28/h2-6,8,10-11H,7,9,12H2,1H3,(H2,23,28)(H,24,25,27). The van der Waals surface area contributed by atoms with E-state index in [0.717, 1.165) is 27.6 Å². The van der Waals surface area contributed by atoms with Crippen molar-refractivity contribution >= 4 is 34.2 Å². The van der Waals surface area contributed by atoms with E-state index in [4.69, 9.17) is 5.73 Å². The topological polar surface area (TPSA) is 105 Å². The highest BCUT2D eigenvalue weighted by molar-refractivity contribution is 6.05. The Labute approximate surface area is 167 Å². The molecule has 0 aliphatic carbocycles. The van der Waals surface area contributed by atoms with Crippen molar-refractivity contribution < 1.29 is 14.4 Å². The maximum absolute atomic E-state index is 12.7. The molecule has 0 unspecified atom stereocenters. The third-order valence-corrected chi connectivity index (χ3v) is 5.00. The van der Waals surface area contributed by atoms with Crippen LogP contribution in [0.4, 0.5) is 5.69 Å². The van der Waals surface area contributed by atoms with Crippen molar-refractivity contribution in [2.45, 2.75) is 19.9 Å². The van der Waals surface area contributed by atoms with Gasteiger partial charge in [0.1, 0.15) is 0 Å². The summed E-state index contributed by atoms with van der Waals surface area (Å²) in [5.41, 5.74) is 9.11. The molecule has 1 aromatic heterocycles. The molecule has 0 spiro atoms. The number of aromatic nitrogens is 1. The van der Waals surface area contributed by atoms with Crippen LogP contribution in [-0.4, -0.2) is 34.2 Å². The number of hydrogen-bond acceptors (Lipinski definition) is 4. The summed E-state index contributed by atoms with van der Waals surface area (Å²) in [6.07, 6.45) is 1.79. The molecule has 29 heavy (non-hydrogen) atoms. The number of benzene rings is 2. The van der Waals surface area contributed by atoms with Gasteiger partial charge in [0.25, 0.3) is 5.91 Å². The van der Waals surface area contributed by atoms with Crippen LogP contribution < -0.4 is 11.1 Å². The van der Waals surface area contributed by atoms with Gasteiger partial charge in [-0.15, -0.1) is 0 Å². The minimum absolute atomic E-state index is 0.0840. The summed E-state index contributed by atoms with van der Waals surface area (Å²) in [7, 11) is 0. The Balaban J connectivity index is 1.72. The molecule has 4 rings (SSSR count). The largest absolute Gasteiger partial charge is 0.370 e. The van der Waals surface area contributed by atoms with Gasteiger partial charge in [0.2, 0.25) is 11.8 Å². The highest BCUT2D eigenvalue weighted by Crippen LogP contribution is 2.33. The van der Waals surface area contributed by atoms with Gasteiger partial charge in [-0.1, -0.05) is 18.2 Å². The highest BCUT2D eigenvalue weighted by Gasteiger charge is 2.28. The van der Waals surface area contributed by atoms with Crippen LogP contribution in [0.15, 0.2) is 48.7 Å². The van der Waals surface area contributed by atoms with Crippen LogP contribution in [0.25, 0.3) is 22.0 Å². The van der Waals surface area contributed by atoms with Crippen molar-refractivity contribution in [3.63, 3.8) is 0 Å². The number of carbonyl (C=O) groups excluding carboxylic acids is 3. The molecule has 3 amide bonds. The van der Waals surface area contributed by atoms with E-state index in [2.05, 4.69) is 10.3 Å². The fourth-order valence-electron chi connectivity index (χ4n) is 3.64. The third kappa shape index (κ3) is 3.67. The molecule has 0 radical (unpaired) electrons. The van der Waals surface area contributed by atoms with E-state index in [1.807, 2.05) is 36.4 Å². The SMILES string of the molecule is CC(=O)Nc1ccnc(-c2ccc3ccc4c(c3c2)CN(CCC(N)=O)C4=O)c1. The summed E-state index contributed by atoms with van der Waals surface area (Å²) < 4.78 is 0. The summed E-state index contributed by atoms with van der Waals surface area (Å²) in [6.45, 7) is 2.21. The summed E-state index contributed by atoms with van der Waals surface area (Å²) in [5, 5.41) is 4.76. The monoisotopic (exact) mass is 388 g/mol. The molecule has 1 aliphatic rings. The molecule has 7 nitrogen and oxygen atoms in total. The Morgan fingerprint density at radius 2 is 1.97 bits per heavy atom. The molecule has 2 heterocycles. The maximum atomic E-state index is 12.7. The van der Waals surface area contributed by atoms with Gasteiger partial charge < -0.3 is 16.0 Å². The molecule has 0 fully saturated rings. The summed E-state index contributed by atoms with van der Waals surface area (Å²) >= 11 is 0. The van der Waals surface area contributed by atoms with Crippen molar-refractivity contribution in [3.05, 3.63) is 59.8 Å². The predicted octanol–water partition coefficient (Wildman–Crippen LogP) is 2.69. The average Bonchev–Trinajstić information content (AvgIpc) is 3.02. The number of amides is 3. The van der Waals surface area contributed by atoms with Gasteiger partial charge in [-0.3, -0.25) is 19.4 Å². The van der Waals surface area contributed by atoms with Crippen molar-refractivity contribution in [2.75, 3.05) is 11.9 Å². The number of anilines is 1. The molecule has 0 atom stereocenters. The number of rotatable bonds is 5. The lowest BCUT2D eigenvalue weighted by atomic mass is 9.97. The van der Waals surface area contributed by atoms with Crippen LogP contribution in [0.2, 0.25) is 0 Å². The first-order valence-corrected chi connectivity index (χ1v) is 9.29. The zero-order valence-electron chi connectivity index (χ0n) is 15.9. The number of nitrogens with zero attached hydrogens (tertiary/aromatic N) is 2. The fourth-order valence-corrected chi connectivity index (χ4v) is 3.64. The zero-order chi connectivity index (χ0) is 20.5. The molecular weight excluding hydrogens is 368 g/mol. The quantitative estimate of drug-likeness (QED) is 0.701. The first-order valence-electron chi connectivity index (χ1n) is 9.29. The first-order chi connectivity index (χ1) is 13.9. The Morgan fingerprint density at radius 3 is 2.72 bits per heavy atom. The molecule has 0 saturated heterocycles. The Morgan fingerprint density at radius 1 is 1.17 bits per heavy atom. The van der Waals surface area contributed by atoms with Crippen molar-refractivity contribution in [2.24, 2.45) is 5.73 Å². The van der Waals surface area contributed by atoms with Gasteiger partial charge in [0, 0.05) is 49.4 Å². The predicted molar refractivity (Wildman–Crippen MR) is 110 cm³/mol. The second-order valence-corrected chi connectivity index (χ2v) is 7.08. The molecule has 146 valence electrons. The molecule has 3 aromatic rings. The Hall–Kier alpha value is -3.74. The second kappa shape index (κ2) is 7.35. The normalized spacial score (nSPS) is 12.9. The van der Waals surface area contributed by atoms with Gasteiger partial charge in [-0.25, -0.2) is 0 Å². The van der Waals surface area contributed by atoms with Crippen molar-refractivity contribution in [1.82, 2.24) is 9.88 Å². The van der Waals surface area contributed by atoms with Crippen LogP contribution in [0.3, 0.4) is 0 Å². The minimum atomic E-state index is -0.425. The number of pyridine rings is 1. The molecule has 3 N–H and O–H groups in total. The fraction of sp³-hybridized carbons (Fsp3) is 0.182. The van der Waals surface area contributed by atoms with E-state index >= 15 is 0 Å². The van der Waals surface area contributed by atoms with E-state index in [1.165, 1.54) is 6.92 Å². The van der Waals surface area contributed by atoms with Crippen LogP contribution in [-0.2, 0) is 16.1 Å². The lowest BCUT2D eigenvalue weighted by Crippen LogP contribution is -2.28. The average molecular weight is 388 g/mol. The molecule has 0 saturated carbocycles. The summed E-state index contributed by atoms with van der Waals surface area (Å²) in [4.78, 5) is 41.2. The van der Waals surface area contributed by atoms with Crippen molar-refractivity contribution in [3.8, 4) is 11.3 Å². The van der Waals surface area contributed by atoms with Crippen LogP contribution in [0, 0.1) is 0 Å². The van der Waals surface area contributed by atoms with Gasteiger partial charge >= 0.3 is 0 Å². The van der Waals surface area contributed by atoms with E-state index in [1.54, 1.807) is 17.2 Å². The van der Waals surface area contributed by atoms with Crippen LogP contribution in [0.1, 0.15) is 29.3 Å². The Kier molecular flexibility index (Phi) is 4.72. The Bertz CT molecular complexity index is 1160. The number of primary amides is 1. The van der Waals surface area contributed by atoms with E-state index in [9.17, 15) is 14.4 Å². The molecule has 1 aliphatic heterocycles. The second-order valence-electron chi connectivity index (χ2n) is 7.08. The summed E-state index contributed by atoms with van der Waals surface area (Å²) in [6, 6.07) is 13.3. The van der Waals surface area contributed by atoms with E-state index in [0.29, 0.717) is 24.3 Å². The van der Waals surface area contributed by atoms with Gasteiger partial charge in [0.15, 0.2) is 0 Å². The van der Waals surface area contributed by atoms with E-state index < -0.39 is 5.91 Å². The third-order valence-electron chi connectivity index (χ3n) is 5.00. The zero-order valence-corrected chi connectivity index (χ0v) is 15.9. The molecule has 7 heteroatoms. The smallest absolute Gasteiger partial charge is 0.254 e. The van der Waals surface area contributed by atoms with Crippen LogP contribution >= 0.6 is 0 Å². The highest BCUT2D eigenvalue weighted by atomic mass is 16.2. The van der Waals surface area contributed by atoms with Gasteiger partial charge in [-0.05, 0) is 40.6 Å². The first kappa shape index (κ1) is 18.6. The number of carbonyl (C=O) groups is 3. The van der Waals surface area contributed by atoms with Crippen LogP contribution in [0.5, 0.6) is 0 Å². The molecule has 2 aromatic carbocycles. The lowest BCUT2D eigenvalue weighted by molar-refractivity contribution is -0.118. The van der Waals surface area contributed by atoms with Crippen molar-refractivity contribution in [1.29, 1.82) is 0 Å². The van der Waals surface area contributed by atoms with Gasteiger partial charge in [0.05, 0.1) is 5.69 Å². The van der Waals surface area contributed by atoms with E-state index in [-0.39, 0.29) is 18.2 Å². The maximum Gasteiger partial charge on any atom is 0.254 e. The summed E-state index contributed by atoms with van der Waals surface area (Å²) in [5.74, 6) is -0.654. The molecular formula is C22H20N4O3. The minimum Gasteiger partial charge on any atom is -0.370 e. The lowest BCUT2D eigenvalue weighted by Gasteiger charge is -2.14. The number of fused-ring (bicyclic) bond motifs is 3. The molecule has 0 bridgehead atoms. The number of nitrogens with one attached hydrogen (secondary N) is 1. The van der Waals surface area contributed by atoms with Gasteiger partial charge in [-0.2, -0.15) is 0 Å². The number of hydrogen-bond donors (Lipinski definition) is 2. The number of nitrogens with two attached hydrogens (primary N) is 1.